The maximum atomic E-state index is 8.59. The van der Waals surface area contributed by atoms with Crippen molar-refractivity contribution in [3.8, 4) is 78.7 Å². The molecule has 2 heterocycles. The molecule has 8 aromatic carbocycles. The number of furan rings is 1. The molecule has 0 unspecified atom stereocenters. The molecule has 0 amide bonds. The standard InChI is InChI=1S/C51H33N3O/c1-4-13-34(14-5-1)36-25-27-37(28-26-36)38-29-31-39(32-30-38)43-21-11-22-44-45-23-12-24-46(48(45)55-47(43)44)51-53-49(40-17-8-3-9-18-40)52-50(54-51)42-20-10-19-41(33-42)35-15-6-2-7-16-35/h1-33H/i2D,6D,7D,15D,16D. The van der Waals surface area contributed by atoms with E-state index in [1.54, 1.807) is 18.2 Å². The molecular formula is C51H33N3O. The van der Waals surface area contributed by atoms with Crippen molar-refractivity contribution in [2.45, 2.75) is 0 Å². The van der Waals surface area contributed by atoms with Crippen LogP contribution in [0, 0.1) is 0 Å². The monoisotopic (exact) mass is 708 g/mol. The summed E-state index contributed by atoms with van der Waals surface area (Å²) in [5, 5.41) is 1.89. The van der Waals surface area contributed by atoms with Crippen LogP contribution in [0.25, 0.3) is 101 Å². The van der Waals surface area contributed by atoms with Crippen LogP contribution in [0.2, 0.25) is 0 Å². The second kappa shape index (κ2) is 13.8. The van der Waals surface area contributed by atoms with Gasteiger partial charge in [0.15, 0.2) is 17.5 Å². The van der Waals surface area contributed by atoms with Crippen molar-refractivity contribution >= 4 is 21.9 Å². The number of fused-ring (bicyclic) bond motifs is 3. The van der Waals surface area contributed by atoms with E-state index in [4.69, 9.17) is 26.2 Å². The molecule has 0 bridgehead atoms. The molecule has 10 aromatic rings. The molecule has 4 heteroatoms. The third-order valence-corrected chi connectivity index (χ3v) is 9.86. The highest BCUT2D eigenvalue weighted by atomic mass is 16.3. The lowest BCUT2D eigenvalue weighted by Crippen LogP contribution is -2.00. The molecule has 0 atom stereocenters. The molecule has 55 heavy (non-hydrogen) atoms. The second-order valence-electron chi connectivity index (χ2n) is 13.2. The summed E-state index contributed by atoms with van der Waals surface area (Å²) in [5.74, 6) is 1.21. The van der Waals surface area contributed by atoms with Crippen LogP contribution in [0.3, 0.4) is 0 Å². The Morgan fingerprint density at radius 1 is 0.327 bits per heavy atom. The number of para-hydroxylation sites is 2. The Labute approximate surface area is 326 Å². The van der Waals surface area contributed by atoms with E-state index in [-0.39, 0.29) is 17.6 Å². The van der Waals surface area contributed by atoms with Gasteiger partial charge in [0, 0.05) is 27.5 Å². The highest BCUT2D eigenvalue weighted by Gasteiger charge is 2.19. The third kappa shape index (κ3) is 6.16. The molecule has 258 valence electrons. The fourth-order valence-electron chi connectivity index (χ4n) is 7.10. The lowest BCUT2D eigenvalue weighted by Gasteiger charge is -2.10. The van der Waals surface area contributed by atoms with Gasteiger partial charge in [0.05, 0.1) is 12.4 Å². The highest BCUT2D eigenvalue weighted by Crippen LogP contribution is 2.40. The summed E-state index contributed by atoms with van der Waals surface area (Å²) >= 11 is 0. The maximum Gasteiger partial charge on any atom is 0.167 e. The molecular weight excluding hydrogens is 671 g/mol. The van der Waals surface area contributed by atoms with E-state index >= 15 is 0 Å². The van der Waals surface area contributed by atoms with Gasteiger partial charge in [-0.05, 0) is 51.1 Å². The van der Waals surface area contributed by atoms with E-state index in [1.165, 1.54) is 11.1 Å². The average Bonchev–Trinajstić information content (AvgIpc) is 3.70. The first-order valence-electron chi connectivity index (χ1n) is 20.5. The van der Waals surface area contributed by atoms with E-state index in [1.807, 2.05) is 66.7 Å². The van der Waals surface area contributed by atoms with Crippen LogP contribution in [0.4, 0.5) is 0 Å². The van der Waals surface area contributed by atoms with Gasteiger partial charge >= 0.3 is 0 Å². The molecule has 10 rings (SSSR count). The molecule has 0 aliphatic rings. The normalized spacial score (nSPS) is 12.5. The summed E-state index contributed by atoms with van der Waals surface area (Å²) in [6.07, 6.45) is 0. The molecule has 0 N–H and O–H groups in total. The molecule has 2 aromatic heterocycles. The zero-order valence-corrected chi connectivity index (χ0v) is 29.4. The predicted octanol–water partition coefficient (Wildman–Crippen LogP) is 13.4. The molecule has 0 saturated carbocycles. The van der Waals surface area contributed by atoms with Gasteiger partial charge in [-0.25, -0.2) is 15.0 Å². The lowest BCUT2D eigenvalue weighted by molar-refractivity contribution is 0.670. The minimum atomic E-state index is -0.440. The van der Waals surface area contributed by atoms with Crippen LogP contribution in [0.5, 0.6) is 0 Å². The van der Waals surface area contributed by atoms with Crippen molar-refractivity contribution in [3.63, 3.8) is 0 Å². The molecule has 0 saturated heterocycles. The fraction of sp³-hybridized carbons (Fsp3) is 0. The summed E-state index contributed by atoms with van der Waals surface area (Å²) < 4.78 is 48.5. The zero-order valence-electron chi connectivity index (χ0n) is 34.4. The van der Waals surface area contributed by atoms with E-state index < -0.39 is 18.1 Å². The van der Waals surface area contributed by atoms with Crippen molar-refractivity contribution in [1.29, 1.82) is 0 Å². The molecule has 0 aliphatic heterocycles. The van der Waals surface area contributed by atoms with E-state index in [9.17, 15) is 0 Å². The van der Waals surface area contributed by atoms with Gasteiger partial charge < -0.3 is 4.42 Å². The van der Waals surface area contributed by atoms with Gasteiger partial charge in [0.2, 0.25) is 0 Å². The predicted molar refractivity (Wildman–Crippen MR) is 225 cm³/mol. The average molecular weight is 709 g/mol. The first-order valence-corrected chi connectivity index (χ1v) is 18.0. The van der Waals surface area contributed by atoms with E-state index in [0.29, 0.717) is 39.7 Å². The topological polar surface area (TPSA) is 51.8 Å². The number of aromatic nitrogens is 3. The van der Waals surface area contributed by atoms with Gasteiger partial charge in [-0.1, -0.05) is 188 Å². The lowest BCUT2D eigenvalue weighted by atomic mass is 9.97. The minimum Gasteiger partial charge on any atom is -0.455 e. The Morgan fingerprint density at radius 3 is 1.42 bits per heavy atom. The van der Waals surface area contributed by atoms with Gasteiger partial charge in [0.25, 0.3) is 0 Å². The number of hydrogen-bond acceptors (Lipinski definition) is 4. The van der Waals surface area contributed by atoms with Crippen molar-refractivity contribution in [2.24, 2.45) is 0 Å². The molecule has 4 nitrogen and oxygen atoms in total. The number of hydrogen-bond donors (Lipinski definition) is 0. The van der Waals surface area contributed by atoms with Crippen LogP contribution >= 0.6 is 0 Å². The third-order valence-electron chi connectivity index (χ3n) is 9.86. The quantitative estimate of drug-likeness (QED) is 0.165. The van der Waals surface area contributed by atoms with Gasteiger partial charge in [-0.2, -0.15) is 0 Å². The Kier molecular flexibility index (Phi) is 6.85. The largest absolute Gasteiger partial charge is 0.455 e. The molecule has 0 spiro atoms. The summed E-state index contributed by atoms with van der Waals surface area (Å²) in [4.78, 5) is 14.9. The first-order chi connectivity index (χ1) is 29.3. The maximum absolute atomic E-state index is 8.59. The number of rotatable bonds is 7. The Morgan fingerprint density at radius 2 is 0.782 bits per heavy atom. The van der Waals surface area contributed by atoms with Crippen LogP contribution in [-0.4, -0.2) is 15.0 Å². The smallest absolute Gasteiger partial charge is 0.167 e. The summed E-state index contributed by atoms with van der Waals surface area (Å²) in [5.41, 5.74) is 10.6. The Hall–Kier alpha value is -7.43. The Balaban J connectivity index is 1.06. The Bertz CT molecular complexity index is 3210. The number of benzene rings is 8. The van der Waals surface area contributed by atoms with Crippen molar-refractivity contribution in [1.82, 2.24) is 15.0 Å². The van der Waals surface area contributed by atoms with E-state index in [0.717, 1.165) is 44.2 Å². The molecule has 0 aliphatic carbocycles. The van der Waals surface area contributed by atoms with Gasteiger partial charge in [0.1, 0.15) is 11.2 Å². The van der Waals surface area contributed by atoms with Crippen LogP contribution in [0.15, 0.2) is 204 Å². The first kappa shape index (κ1) is 27.2. The van der Waals surface area contributed by atoms with Crippen molar-refractivity contribution in [3.05, 3.63) is 200 Å². The summed E-state index contributed by atoms with van der Waals surface area (Å²) in [7, 11) is 0. The second-order valence-corrected chi connectivity index (χ2v) is 13.2. The summed E-state index contributed by atoms with van der Waals surface area (Å²) in [6, 6.07) is 54.6. The van der Waals surface area contributed by atoms with Crippen molar-refractivity contribution in [2.75, 3.05) is 0 Å². The van der Waals surface area contributed by atoms with Crippen LogP contribution in [-0.2, 0) is 0 Å². The van der Waals surface area contributed by atoms with Crippen LogP contribution < -0.4 is 0 Å². The van der Waals surface area contributed by atoms with Gasteiger partial charge in [-0.15, -0.1) is 0 Å². The summed E-state index contributed by atoms with van der Waals surface area (Å²) in [6.45, 7) is 0. The fourth-order valence-corrected chi connectivity index (χ4v) is 7.10. The van der Waals surface area contributed by atoms with E-state index in [2.05, 4.69) is 84.9 Å². The van der Waals surface area contributed by atoms with Crippen LogP contribution in [0.1, 0.15) is 6.85 Å². The van der Waals surface area contributed by atoms with Gasteiger partial charge in [-0.3, -0.25) is 0 Å². The highest BCUT2D eigenvalue weighted by molar-refractivity contribution is 6.12. The zero-order chi connectivity index (χ0) is 40.9. The molecule has 0 radical (unpaired) electrons. The molecule has 0 fully saturated rings. The number of nitrogens with zero attached hydrogens (tertiary/aromatic N) is 3. The van der Waals surface area contributed by atoms with Crippen molar-refractivity contribution < 1.29 is 11.3 Å². The SMILES string of the molecule is [2H]c1c([2H])c([2H])c(-c2cccc(-c3nc(-c4ccccc4)nc(-c4cccc5c4oc4c(-c6ccc(-c7ccc(-c8ccccc8)cc7)cc6)cccc45)n3)c2)c([2H])c1[2H]. The minimum absolute atomic E-state index is 0.107.